The van der Waals surface area contributed by atoms with Gasteiger partial charge in [0.2, 0.25) is 0 Å². The van der Waals surface area contributed by atoms with Crippen LogP contribution in [0.2, 0.25) is 0 Å². The zero-order valence-corrected chi connectivity index (χ0v) is 11.8. The molecule has 0 N–H and O–H groups in total. The highest BCUT2D eigenvalue weighted by molar-refractivity contribution is 4.56. The Balaban J connectivity index is 3.97. The van der Waals surface area contributed by atoms with Crippen molar-refractivity contribution < 1.29 is 18.9 Å². The summed E-state index contributed by atoms with van der Waals surface area (Å²) in [5.74, 6) is -1.03. The first-order valence-electron chi connectivity index (χ1n) is 6.65. The Morgan fingerprint density at radius 2 is 1.65 bits per heavy atom. The summed E-state index contributed by atoms with van der Waals surface area (Å²) in [6.45, 7) is 8.15. The van der Waals surface area contributed by atoms with Crippen LogP contribution in [0.4, 0.5) is 0 Å². The van der Waals surface area contributed by atoms with Gasteiger partial charge in [0.25, 0.3) is 0 Å². The summed E-state index contributed by atoms with van der Waals surface area (Å²) in [5.41, 5.74) is 0. The van der Waals surface area contributed by atoms with Crippen LogP contribution in [0.25, 0.3) is 0 Å². The van der Waals surface area contributed by atoms with Crippen molar-refractivity contribution in [1.82, 2.24) is 0 Å². The van der Waals surface area contributed by atoms with E-state index in [1.54, 1.807) is 7.11 Å². The van der Waals surface area contributed by atoms with E-state index in [4.69, 9.17) is 18.9 Å². The fourth-order valence-electron chi connectivity index (χ4n) is 1.51. The largest absolute Gasteiger partial charge is 0.373 e. The molecule has 0 bridgehead atoms. The molecular formula is C13H28O4. The summed E-state index contributed by atoms with van der Waals surface area (Å²) in [4.78, 5) is 0. The highest BCUT2D eigenvalue weighted by Gasteiger charge is 2.32. The van der Waals surface area contributed by atoms with Gasteiger partial charge in [0, 0.05) is 20.3 Å². The first-order chi connectivity index (χ1) is 8.24. The van der Waals surface area contributed by atoms with Crippen LogP contribution >= 0.6 is 0 Å². The van der Waals surface area contributed by atoms with Crippen LogP contribution in [0.3, 0.4) is 0 Å². The number of hydrogen-bond acceptors (Lipinski definition) is 4. The van der Waals surface area contributed by atoms with E-state index in [9.17, 15) is 0 Å². The van der Waals surface area contributed by atoms with Crippen molar-refractivity contribution in [3.05, 3.63) is 0 Å². The lowest BCUT2D eigenvalue weighted by atomic mass is 10.2. The third kappa shape index (κ3) is 7.71. The lowest BCUT2D eigenvalue weighted by Crippen LogP contribution is -2.43. The van der Waals surface area contributed by atoms with Gasteiger partial charge in [0.1, 0.15) is 6.61 Å². The van der Waals surface area contributed by atoms with Crippen molar-refractivity contribution in [3.63, 3.8) is 0 Å². The molecule has 0 aliphatic rings. The predicted octanol–water partition coefficient (Wildman–Crippen LogP) is 2.96. The van der Waals surface area contributed by atoms with Crippen LogP contribution in [-0.2, 0) is 18.9 Å². The Kier molecular flexibility index (Phi) is 10.9. The summed E-state index contributed by atoms with van der Waals surface area (Å²) in [6, 6.07) is 0. The zero-order chi connectivity index (χ0) is 13.0. The standard InChI is InChI=1S/C13H28O4/c1-5-8-9-10-11-17-13(14-4,16-7-3)12-15-6-2/h5-12H2,1-4H3. The molecule has 0 aromatic carbocycles. The van der Waals surface area contributed by atoms with Crippen LogP contribution < -0.4 is 0 Å². The van der Waals surface area contributed by atoms with Crippen LogP contribution in [0.5, 0.6) is 0 Å². The second kappa shape index (κ2) is 11.0. The van der Waals surface area contributed by atoms with Gasteiger partial charge in [-0.05, 0) is 20.3 Å². The normalized spacial score (nSPS) is 14.8. The highest BCUT2D eigenvalue weighted by Crippen LogP contribution is 2.16. The van der Waals surface area contributed by atoms with Gasteiger partial charge in [-0.25, -0.2) is 0 Å². The second-order valence-corrected chi connectivity index (χ2v) is 3.87. The van der Waals surface area contributed by atoms with Crippen molar-refractivity contribution in [2.75, 3.05) is 33.5 Å². The van der Waals surface area contributed by atoms with Crippen LogP contribution in [0, 0.1) is 0 Å². The van der Waals surface area contributed by atoms with E-state index < -0.39 is 5.97 Å². The molecule has 104 valence electrons. The van der Waals surface area contributed by atoms with Crippen molar-refractivity contribution in [3.8, 4) is 0 Å². The van der Waals surface area contributed by atoms with E-state index >= 15 is 0 Å². The van der Waals surface area contributed by atoms with Gasteiger partial charge < -0.3 is 18.9 Å². The van der Waals surface area contributed by atoms with Crippen molar-refractivity contribution in [2.24, 2.45) is 0 Å². The molecule has 0 aliphatic carbocycles. The summed E-state index contributed by atoms with van der Waals surface area (Å²) in [5, 5.41) is 0. The van der Waals surface area contributed by atoms with Gasteiger partial charge in [0.15, 0.2) is 0 Å². The fraction of sp³-hybridized carbons (Fsp3) is 1.00. The van der Waals surface area contributed by atoms with E-state index in [2.05, 4.69) is 6.92 Å². The average molecular weight is 248 g/mol. The molecule has 0 saturated carbocycles. The molecule has 0 amide bonds. The van der Waals surface area contributed by atoms with Crippen molar-refractivity contribution in [2.45, 2.75) is 52.4 Å². The minimum atomic E-state index is -1.03. The Hall–Kier alpha value is -0.160. The Labute approximate surface area is 106 Å². The average Bonchev–Trinajstić information content (AvgIpc) is 2.35. The first kappa shape index (κ1) is 16.8. The molecule has 0 heterocycles. The molecule has 0 rings (SSSR count). The van der Waals surface area contributed by atoms with Gasteiger partial charge in [-0.2, -0.15) is 0 Å². The van der Waals surface area contributed by atoms with E-state index in [0.29, 0.717) is 26.4 Å². The van der Waals surface area contributed by atoms with E-state index in [1.165, 1.54) is 19.3 Å². The molecule has 0 aromatic heterocycles. The maximum absolute atomic E-state index is 5.70. The maximum atomic E-state index is 5.70. The van der Waals surface area contributed by atoms with Crippen LogP contribution in [0.1, 0.15) is 46.5 Å². The monoisotopic (exact) mass is 248 g/mol. The molecule has 0 aromatic rings. The van der Waals surface area contributed by atoms with E-state index in [-0.39, 0.29) is 0 Å². The molecule has 1 unspecified atom stereocenters. The van der Waals surface area contributed by atoms with Gasteiger partial charge in [-0.3, -0.25) is 0 Å². The van der Waals surface area contributed by atoms with Crippen molar-refractivity contribution >= 4 is 0 Å². The SMILES string of the molecule is CCCCCCOC(COCC)(OC)OCC. The Bertz CT molecular complexity index is 163. The third-order valence-electron chi connectivity index (χ3n) is 2.48. The number of rotatable bonds is 12. The van der Waals surface area contributed by atoms with E-state index in [0.717, 1.165) is 6.42 Å². The summed E-state index contributed by atoms with van der Waals surface area (Å²) >= 11 is 0. The van der Waals surface area contributed by atoms with Gasteiger partial charge in [0.05, 0.1) is 6.61 Å². The quantitative estimate of drug-likeness (QED) is 0.393. The van der Waals surface area contributed by atoms with E-state index in [1.807, 2.05) is 13.8 Å². The highest BCUT2D eigenvalue weighted by atomic mass is 16.9. The lowest BCUT2D eigenvalue weighted by Gasteiger charge is -2.31. The molecule has 4 heteroatoms. The number of methoxy groups -OCH3 is 1. The molecular weight excluding hydrogens is 220 g/mol. The summed E-state index contributed by atoms with van der Waals surface area (Å²) in [6.07, 6.45) is 4.67. The van der Waals surface area contributed by atoms with Crippen molar-refractivity contribution in [1.29, 1.82) is 0 Å². The molecule has 0 fully saturated rings. The minimum absolute atomic E-state index is 0.307. The molecule has 0 saturated heterocycles. The molecule has 0 spiro atoms. The number of ether oxygens (including phenoxy) is 4. The van der Waals surface area contributed by atoms with Crippen LogP contribution in [0.15, 0.2) is 0 Å². The molecule has 4 nitrogen and oxygen atoms in total. The zero-order valence-electron chi connectivity index (χ0n) is 11.8. The summed E-state index contributed by atoms with van der Waals surface area (Å²) < 4.78 is 21.9. The predicted molar refractivity (Wildman–Crippen MR) is 68.0 cm³/mol. The smallest absolute Gasteiger partial charge is 0.307 e. The maximum Gasteiger partial charge on any atom is 0.307 e. The summed E-state index contributed by atoms with van der Waals surface area (Å²) in [7, 11) is 1.58. The van der Waals surface area contributed by atoms with Gasteiger partial charge in [-0.1, -0.05) is 26.2 Å². The minimum Gasteiger partial charge on any atom is -0.373 e. The second-order valence-electron chi connectivity index (χ2n) is 3.87. The number of unbranched alkanes of at least 4 members (excludes halogenated alkanes) is 3. The topological polar surface area (TPSA) is 36.9 Å². The first-order valence-corrected chi connectivity index (χ1v) is 6.65. The van der Waals surface area contributed by atoms with Gasteiger partial charge >= 0.3 is 5.97 Å². The third-order valence-corrected chi connectivity index (χ3v) is 2.48. The number of hydrogen-bond donors (Lipinski definition) is 0. The Morgan fingerprint density at radius 1 is 0.882 bits per heavy atom. The fourth-order valence-corrected chi connectivity index (χ4v) is 1.51. The molecule has 1 atom stereocenters. The molecule has 0 aliphatic heterocycles. The van der Waals surface area contributed by atoms with Crippen LogP contribution in [-0.4, -0.2) is 39.5 Å². The van der Waals surface area contributed by atoms with Gasteiger partial charge in [-0.15, -0.1) is 0 Å². The molecule has 17 heavy (non-hydrogen) atoms. The lowest BCUT2D eigenvalue weighted by molar-refractivity contribution is -0.385. The Morgan fingerprint density at radius 3 is 2.18 bits per heavy atom. The molecule has 0 radical (unpaired) electrons.